The number of morpholine rings is 1. The summed E-state index contributed by atoms with van der Waals surface area (Å²) in [5.74, 6) is -0.388. The molecule has 2 rings (SSSR count). The summed E-state index contributed by atoms with van der Waals surface area (Å²) in [6.45, 7) is 3.78. The van der Waals surface area contributed by atoms with E-state index in [9.17, 15) is 9.18 Å². The lowest BCUT2D eigenvalue weighted by Crippen LogP contribution is -2.43. The van der Waals surface area contributed by atoms with Crippen LogP contribution in [0.15, 0.2) is 18.2 Å². The summed E-state index contributed by atoms with van der Waals surface area (Å²) < 4.78 is 18.2. The number of hydrogen-bond acceptors (Lipinski definition) is 3. The Morgan fingerprint density at radius 1 is 1.61 bits per heavy atom. The number of carbonyl (C=O) groups excluding carboxylic acids is 1. The van der Waals surface area contributed by atoms with Crippen molar-refractivity contribution in [3.63, 3.8) is 0 Å². The number of halogens is 1. The average Bonchev–Trinajstić information content (AvgIpc) is 2.34. The van der Waals surface area contributed by atoms with Gasteiger partial charge in [-0.15, -0.1) is 0 Å². The van der Waals surface area contributed by atoms with Crippen molar-refractivity contribution in [1.29, 1.82) is 0 Å². The summed E-state index contributed by atoms with van der Waals surface area (Å²) >= 11 is 0. The molecule has 98 valence electrons. The van der Waals surface area contributed by atoms with Crippen molar-refractivity contribution in [3.8, 4) is 0 Å². The summed E-state index contributed by atoms with van der Waals surface area (Å²) in [4.78, 5) is 11.8. The van der Waals surface area contributed by atoms with Gasteiger partial charge in [-0.1, -0.05) is 0 Å². The highest BCUT2D eigenvalue weighted by Gasteiger charge is 2.17. The molecule has 1 aliphatic rings. The van der Waals surface area contributed by atoms with Gasteiger partial charge in [-0.3, -0.25) is 4.79 Å². The lowest BCUT2D eigenvalue weighted by Gasteiger charge is -2.23. The summed E-state index contributed by atoms with van der Waals surface area (Å²) in [6.07, 6.45) is 0.358. The van der Waals surface area contributed by atoms with Crippen molar-refractivity contribution in [1.82, 2.24) is 5.32 Å². The van der Waals surface area contributed by atoms with Crippen LogP contribution in [-0.2, 0) is 9.53 Å². The Labute approximate surface area is 106 Å². The van der Waals surface area contributed by atoms with Crippen molar-refractivity contribution in [3.05, 3.63) is 29.6 Å². The van der Waals surface area contributed by atoms with E-state index < -0.39 is 0 Å². The Morgan fingerprint density at radius 3 is 3.11 bits per heavy atom. The lowest BCUT2D eigenvalue weighted by molar-refractivity contribution is -0.117. The fourth-order valence-corrected chi connectivity index (χ4v) is 1.94. The van der Waals surface area contributed by atoms with Gasteiger partial charge in [0.1, 0.15) is 5.82 Å². The lowest BCUT2D eigenvalue weighted by atomic mass is 10.1. The molecule has 1 heterocycles. The Balaban J connectivity index is 1.90. The minimum Gasteiger partial charge on any atom is -0.378 e. The summed E-state index contributed by atoms with van der Waals surface area (Å²) in [6, 6.07) is 4.37. The fraction of sp³-hybridized carbons (Fsp3) is 0.462. The second-order valence-corrected chi connectivity index (χ2v) is 4.44. The van der Waals surface area contributed by atoms with Crippen LogP contribution in [0.1, 0.15) is 12.0 Å². The molecule has 5 heteroatoms. The first kappa shape index (κ1) is 13.0. The van der Waals surface area contributed by atoms with Gasteiger partial charge in [0.05, 0.1) is 13.2 Å². The molecule has 0 saturated carbocycles. The highest BCUT2D eigenvalue weighted by molar-refractivity contribution is 5.91. The van der Waals surface area contributed by atoms with Gasteiger partial charge < -0.3 is 15.4 Å². The number of aryl methyl sites for hydroxylation is 1. The molecule has 0 radical (unpaired) electrons. The first-order chi connectivity index (χ1) is 8.65. The number of rotatable bonds is 3. The van der Waals surface area contributed by atoms with Crippen molar-refractivity contribution < 1.29 is 13.9 Å². The second-order valence-electron chi connectivity index (χ2n) is 4.44. The van der Waals surface area contributed by atoms with Crippen molar-refractivity contribution >= 4 is 11.6 Å². The van der Waals surface area contributed by atoms with Crippen LogP contribution in [0.4, 0.5) is 10.1 Å². The standard InChI is InChI=1S/C13H17FN2O2/c1-9-6-10(14)2-3-12(9)16-13(17)7-11-8-18-5-4-15-11/h2-3,6,11,15H,4-5,7-8H2,1H3,(H,16,17). The number of hydrogen-bond donors (Lipinski definition) is 2. The average molecular weight is 252 g/mol. The quantitative estimate of drug-likeness (QED) is 0.856. The zero-order valence-electron chi connectivity index (χ0n) is 10.3. The monoisotopic (exact) mass is 252 g/mol. The molecule has 2 N–H and O–H groups in total. The second kappa shape index (κ2) is 5.93. The predicted octanol–water partition coefficient (Wildman–Crippen LogP) is 1.45. The molecule has 1 amide bonds. The number of carbonyl (C=O) groups is 1. The zero-order valence-corrected chi connectivity index (χ0v) is 10.3. The third kappa shape index (κ3) is 3.51. The van der Waals surface area contributed by atoms with Crippen molar-refractivity contribution in [2.75, 3.05) is 25.1 Å². The van der Waals surface area contributed by atoms with Gasteiger partial charge in [0, 0.05) is 24.7 Å². The zero-order chi connectivity index (χ0) is 13.0. The SMILES string of the molecule is Cc1cc(F)ccc1NC(=O)CC1COCCN1. The van der Waals surface area contributed by atoms with Crippen LogP contribution in [0, 0.1) is 12.7 Å². The first-order valence-electron chi connectivity index (χ1n) is 6.02. The van der Waals surface area contributed by atoms with Gasteiger partial charge in [0.25, 0.3) is 0 Å². The molecular formula is C13H17FN2O2. The molecule has 0 spiro atoms. The van der Waals surface area contributed by atoms with E-state index in [0.717, 1.165) is 12.1 Å². The van der Waals surface area contributed by atoms with Crippen LogP contribution in [0.25, 0.3) is 0 Å². The molecule has 1 aromatic rings. The maximum absolute atomic E-state index is 12.9. The van der Waals surface area contributed by atoms with Crippen LogP contribution in [-0.4, -0.2) is 31.7 Å². The number of anilines is 1. The van der Waals surface area contributed by atoms with E-state index in [1.165, 1.54) is 12.1 Å². The van der Waals surface area contributed by atoms with Gasteiger partial charge in [-0.25, -0.2) is 4.39 Å². The molecule has 1 fully saturated rings. The van der Waals surface area contributed by atoms with E-state index in [1.54, 1.807) is 13.0 Å². The molecule has 4 nitrogen and oxygen atoms in total. The van der Waals surface area contributed by atoms with E-state index in [4.69, 9.17) is 4.74 Å². The maximum atomic E-state index is 12.9. The molecule has 1 aliphatic heterocycles. The normalized spacial score (nSPS) is 19.6. The van der Waals surface area contributed by atoms with Crippen LogP contribution in [0.2, 0.25) is 0 Å². The number of amides is 1. The Hall–Kier alpha value is -1.46. The highest BCUT2D eigenvalue weighted by atomic mass is 19.1. The molecule has 18 heavy (non-hydrogen) atoms. The van der Waals surface area contributed by atoms with Crippen LogP contribution >= 0.6 is 0 Å². The highest BCUT2D eigenvalue weighted by Crippen LogP contribution is 2.16. The van der Waals surface area contributed by atoms with Gasteiger partial charge >= 0.3 is 0 Å². The van der Waals surface area contributed by atoms with E-state index in [0.29, 0.717) is 25.3 Å². The smallest absolute Gasteiger partial charge is 0.226 e. The van der Waals surface area contributed by atoms with Gasteiger partial charge in [0.2, 0.25) is 5.91 Å². The van der Waals surface area contributed by atoms with Gasteiger partial charge in [0.15, 0.2) is 0 Å². The fourth-order valence-electron chi connectivity index (χ4n) is 1.94. The Kier molecular flexibility index (Phi) is 4.28. The van der Waals surface area contributed by atoms with Gasteiger partial charge in [-0.05, 0) is 30.7 Å². The summed E-state index contributed by atoms with van der Waals surface area (Å²) in [5.41, 5.74) is 1.37. The third-order valence-corrected chi connectivity index (χ3v) is 2.89. The molecule has 0 aliphatic carbocycles. The Bertz CT molecular complexity index is 431. The van der Waals surface area contributed by atoms with Crippen molar-refractivity contribution in [2.45, 2.75) is 19.4 Å². The van der Waals surface area contributed by atoms with E-state index >= 15 is 0 Å². The van der Waals surface area contributed by atoms with Crippen LogP contribution in [0.5, 0.6) is 0 Å². The molecule has 1 saturated heterocycles. The molecule has 1 unspecified atom stereocenters. The van der Waals surface area contributed by atoms with Gasteiger partial charge in [-0.2, -0.15) is 0 Å². The van der Waals surface area contributed by atoms with E-state index in [-0.39, 0.29) is 17.8 Å². The summed E-state index contributed by atoms with van der Waals surface area (Å²) in [5, 5.41) is 6.00. The molecular weight excluding hydrogens is 235 g/mol. The number of benzene rings is 1. The topological polar surface area (TPSA) is 50.4 Å². The van der Waals surface area contributed by atoms with E-state index in [2.05, 4.69) is 10.6 Å². The minimum absolute atomic E-state index is 0.0551. The molecule has 1 atom stereocenters. The summed E-state index contributed by atoms with van der Waals surface area (Å²) in [7, 11) is 0. The number of ether oxygens (including phenoxy) is 1. The largest absolute Gasteiger partial charge is 0.378 e. The van der Waals surface area contributed by atoms with Crippen LogP contribution in [0.3, 0.4) is 0 Å². The maximum Gasteiger partial charge on any atom is 0.226 e. The molecule has 1 aromatic carbocycles. The minimum atomic E-state index is -0.298. The first-order valence-corrected chi connectivity index (χ1v) is 6.02. The van der Waals surface area contributed by atoms with E-state index in [1.807, 2.05) is 0 Å². The number of nitrogens with one attached hydrogen (secondary N) is 2. The molecule has 0 bridgehead atoms. The predicted molar refractivity (Wildman–Crippen MR) is 67.0 cm³/mol. The van der Waals surface area contributed by atoms with Crippen molar-refractivity contribution in [2.24, 2.45) is 0 Å². The third-order valence-electron chi connectivity index (χ3n) is 2.89. The Morgan fingerprint density at radius 2 is 2.44 bits per heavy atom. The molecule has 0 aromatic heterocycles. The van der Waals surface area contributed by atoms with Crippen LogP contribution < -0.4 is 10.6 Å².